The van der Waals surface area contributed by atoms with Crippen LogP contribution in [0.5, 0.6) is 0 Å². The molecule has 2 aromatic rings. The second kappa shape index (κ2) is 4.96. The molecular formula is C13H19N3O2. The van der Waals surface area contributed by atoms with Crippen molar-refractivity contribution in [1.82, 2.24) is 15.6 Å². The molecule has 1 aromatic carbocycles. The molecular weight excluding hydrogens is 230 g/mol. The fraction of sp³-hybridized carbons (Fsp3) is 0.462. The molecule has 0 saturated heterocycles. The van der Waals surface area contributed by atoms with Gasteiger partial charge in [-0.15, -0.1) is 0 Å². The number of benzene rings is 1. The molecule has 0 spiro atoms. The van der Waals surface area contributed by atoms with Crippen molar-refractivity contribution >= 4 is 11.1 Å². The van der Waals surface area contributed by atoms with Crippen molar-refractivity contribution in [3.05, 3.63) is 34.3 Å². The summed E-state index contributed by atoms with van der Waals surface area (Å²) >= 11 is 0. The number of rotatable bonds is 5. The predicted molar refractivity (Wildman–Crippen MR) is 71.7 cm³/mol. The second-order valence-electron chi connectivity index (χ2n) is 5.08. The van der Waals surface area contributed by atoms with Gasteiger partial charge in [-0.3, -0.25) is 4.98 Å². The molecule has 1 aromatic heterocycles. The average molecular weight is 249 g/mol. The molecule has 0 fully saturated rings. The summed E-state index contributed by atoms with van der Waals surface area (Å²) in [7, 11) is 1.95. The van der Waals surface area contributed by atoms with Gasteiger partial charge in [-0.1, -0.05) is 6.07 Å². The van der Waals surface area contributed by atoms with Gasteiger partial charge < -0.3 is 15.1 Å². The Hall–Kier alpha value is -1.59. The summed E-state index contributed by atoms with van der Waals surface area (Å²) in [5.74, 6) is -0.411. The van der Waals surface area contributed by atoms with Crippen molar-refractivity contribution < 1.29 is 4.42 Å². The number of fused-ring (bicyclic) bond motifs is 1. The van der Waals surface area contributed by atoms with Crippen LogP contribution in [0.2, 0.25) is 0 Å². The number of hydrogen-bond acceptors (Lipinski definition) is 4. The van der Waals surface area contributed by atoms with Crippen LogP contribution in [-0.2, 0) is 6.54 Å². The molecule has 5 nitrogen and oxygen atoms in total. The fourth-order valence-electron chi connectivity index (χ4n) is 1.72. The van der Waals surface area contributed by atoms with E-state index in [-0.39, 0.29) is 5.54 Å². The molecule has 1 heterocycles. The van der Waals surface area contributed by atoms with E-state index in [4.69, 9.17) is 4.42 Å². The number of oxazole rings is 1. The monoisotopic (exact) mass is 249 g/mol. The topological polar surface area (TPSA) is 70.1 Å². The third-order valence-electron chi connectivity index (χ3n) is 3.06. The molecule has 0 aliphatic rings. The second-order valence-corrected chi connectivity index (χ2v) is 5.08. The van der Waals surface area contributed by atoms with Crippen LogP contribution >= 0.6 is 0 Å². The average Bonchev–Trinajstić information content (AvgIpc) is 2.68. The Morgan fingerprint density at radius 2 is 2.17 bits per heavy atom. The van der Waals surface area contributed by atoms with Gasteiger partial charge in [0.15, 0.2) is 5.58 Å². The van der Waals surface area contributed by atoms with Crippen molar-refractivity contribution in [2.24, 2.45) is 0 Å². The Bertz CT molecular complexity index is 583. The molecule has 3 N–H and O–H groups in total. The molecule has 5 heteroatoms. The first-order valence-electron chi connectivity index (χ1n) is 6.01. The fourth-order valence-corrected chi connectivity index (χ4v) is 1.72. The van der Waals surface area contributed by atoms with E-state index in [1.165, 1.54) is 0 Å². The summed E-state index contributed by atoms with van der Waals surface area (Å²) in [5.41, 5.74) is 2.52. The highest BCUT2D eigenvalue weighted by atomic mass is 16.4. The summed E-state index contributed by atoms with van der Waals surface area (Å²) in [6, 6.07) is 5.70. The van der Waals surface area contributed by atoms with Crippen LogP contribution in [0.3, 0.4) is 0 Å². The molecule has 2 rings (SSSR count). The van der Waals surface area contributed by atoms with E-state index in [1.807, 2.05) is 25.2 Å². The molecule has 0 unspecified atom stereocenters. The number of aromatic nitrogens is 1. The van der Waals surface area contributed by atoms with E-state index in [2.05, 4.69) is 29.5 Å². The van der Waals surface area contributed by atoms with Crippen molar-refractivity contribution in [2.75, 3.05) is 13.6 Å². The minimum absolute atomic E-state index is 0.0635. The van der Waals surface area contributed by atoms with Crippen molar-refractivity contribution in [3.63, 3.8) is 0 Å². The minimum Gasteiger partial charge on any atom is -0.408 e. The number of aromatic amines is 1. The quantitative estimate of drug-likeness (QED) is 0.745. The molecule has 0 aliphatic heterocycles. The largest absolute Gasteiger partial charge is 0.417 e. The van der Waals surface area contributed by atoms with Crippen LogP contribution < -0.4 is 16.4 Å². The summed E-state index contributed by atoms with van der Waals surface area (Å²) in [5, 5.41) is 6.61. The minimum atomic E-state index is -0.411. The molecule has 0 amide bonds. The lowest BCUT2D eigenvalue weighted by atomic mass is 10.1. The normalized spacial score (nSPS) is 12.2. The van der Waals surface area contributed by atoms with E-state index >= 15 is 0 Å². The number of hydrogen-bond donors (Lipinski definition) is 3. The van der Waals surface area contributed by atoms with Gasteiger partial charge in [0.2, 0.25) is 0 Å². The zero-order chi connectivity index (χ0) is 13.2. The number of likely N-dealkylation sites (N-methyl/N-ethyl adjacent to an activating group) is 1. The third-order valence-corrected chi connectivity index (χ3v) is 3.06. The van der Waals surface area contributed by atoms with E-state index in [0.717, 1.165) is 24.2 Å². The van der Waals surface area contributed by atoms with Crippen molar-refractivity contribution in [3.8, 4) is 0 Å². The number of H-pyrrole nitrogens is 1. The molecule has 18 heavy (non-hydrogen) atoms. The summed E-state index contributed by atoms with van der Waals surface area (Å²) in [6.45, 7) is 5.89. The maximum atomic E-state index is 11.0. The third kappa shape index (κ3) is 3.00. The summed E-state index contributed by atoms with van der Waals surface area (Å²) < 4.78 is 4.96. The number of nitrogens with one attached hydrogen (secondary N) is 3. The maximum absolute atomic E-state index is 11.0. The van der Waals surface area contributed by atoms with E-state index in [0.29, 0.717) is 5.58 Å². The molecule has 98 valence electrons. The molecule has 0 bridgehead atoms. The predicted octanol–water partition coefficient (Wildman–Crippen LogP) is 1.21. The first-order chi connectivity index (χ1) is 8.50. The van der Waals surface area contributed by atoms with Gasteiger partial charge in [0.05, 0.1) is 5.52 Å². The van der Waals surface area contributed by atoms with Crippen LogP contribution in [0.25, 0.3) is 11.1 Å². The van der Waals surface area contributed by atoms with Crippen LogP contribution in [-0.4, -0.2) is 24.1 Å². The van der Waals surface area contributed by atoms with Crippen LogP contribution in [0.15, 0.2) is 27.4 Å². The first-order valence-corrected chi connectivity index (χ1v) is 6.01. The highest BCUT2D eigenvalue weighted by molar-refractivity contribution is 5.72. The van der Waals surface area contributed by atoms with Gasteiger partial charge in [0, 0.05) is 18.6 Å². The van der Waals surface area contributed by atoms with Gasteiger partial charge >= 0.3 is 5.76 Å². The summed E-state index contributed by atoms with van der Waals surface area (Å²) in [6.07, 6.45) is 0. The highest BCUT2D eigenvalue weighted by Gasteiger charge is 2.13. The van der Waals surface area contributed by atoms with E-state index in [9.17, 15) is 4.79 Å². The van der Waals surface area contributed by atoms with Crippen LogP contribution in [0.1, 0.15) is 19.4 Å². The van der Waals surface area contributed by atoms with E-state index in [1.54, 1.807) is 0 Å². The van der Waals surface area contributed by atoms with Crippen molar-refractivity contribution in [2.45, 2.75) is 25.9 Å². The van der Waals surface area contributed by atoms with Gasteiger partial charge in [-0.2, -0.15) is 0 Å². The zero-order valence-electron chi connectivity index (χ0n) is 11.0. The zero-order valence-corrected chi connectivity index (χ0v) is 11.0. The lowest BCUT2D eigenvalue weighted by molar-refractivity contribution is 0.393. The Balaban J connectivity index is 2.01. The molecule has 0 radical (unpaired) electrons. The van der Waals surface area contributed by atoms with Crippen molar-refractivity contribution in [1.29, 1.82) is 0 Å². The standard InChI is InChI=1S/C13H19N3O2/c1-13(2,14-3)8-15-7-9-4-5-11-10(6-9)16-12(17)18-11/h4-6,14-15H,7-8H2,1-3H3,(H,16,17). The maximum Gasteiger partial charge on any atom is 0.417 e. The molecule has 0 atom stereocenters. The van der Waals surface area contributed by atoms with E-state index < -0.39 is 5.76 Å². The first kappa shape index (κ1) is 12.9. The Morgan fingerprint density at radius 1 is 1.39 bits per heavy atom. The Labute approximate surface area is 106 Å². The van der Waals surface area contributed by atoms with Gasteiger partial charge in [-0.05, 0) is 38.6 Å². The van der Waals surface area contributed by atoms with Crippen LogP contribution in [0.4, 0.5) is 0 Å². The SMILES string of the molecule is CNC(C)(C)CNCc1ccc2oc(=O)[nH]c2c1. The Morgan fingerprint density at radius 3 is 2.89 bits per heavy atom. The lowest BCUT2D eigenvalue weighted by Crippen LogP contribution is -2.45. The smallest absolute Gasteiger partial charge is 0.408 e. The highest BCUT2D eigenvalue weighted by Crippen LogP contribution is 2.12. The Kier molecular flexibility index (Phi) is 3.54. The van der Waals surface area contributed by atoms with Gasteiger partial charge in [0.25, 0.3) is 0 Å². The molecule has 0 saturated carbocycles. The van der Waals surface area contributed by atoms with Crippen LogP contribution in [0, 0.1) is 0 Å². The molecule has 0 aliphatic carbocycles. The van der Waals surface area contributed by atoms with Gasteiger partial charge in [0.1, 0.15) is 0 Å². The summed E-state index contributed by atoms with van der Waals surface area (Å²) in [4.78, 5) is 13.7. The van der Waals surface area contributed by atoms with Gasteiger partial charge in [-0.25, -0.2) is 4.79 Å². The lowest BCUT2D eigenvalue weighted by Gasteiger charge is -2.24.